The van der Waals surface area contributed by atoms with Gasteiger partial charge < -0.3 is 11.1 Å². The zero-order valence-electron chi connectivity index (χ0n) is 12.5. The SMILES string of the molecule is Cc1ccc(CN)cc1NC(=O)C1C(C)(C)C1(C)C. The summed E-state index contributed by atoms with van der Waals surface area (Å²) in [4.78, 5) is 12.4. The molecule has 19 heavy (non-hydrogen) atoms. The number of benzene rings is 1. The van der Waals surface area contributed by atoms with E-state index in [1.807, 2.05) is 25.1 Å². The number of hydrogen-bond acceptors (Lipinski definition) is 2. The number of rotatable bonds is 3. The van der Waals surface area contributed by atoms with Crippen molar-refractivity contribution in [3.8, 4) is 0 Å². The Balaban J connectivity index is 2.17. The minimum Gasteiger partial charge on any atom is -0.326 e. The number of hydrogen-bond donors (Lipinski definition) is 2. The summed E-state index contributed by atoms with van der Waals surface area (Å²) in [6.45, 7) is 11.1. The maximum absolute atomic E-state index is 12.4. The van der Waals surface area contributed by atoms with Gasteiger partial charge in [0.1, 0.15) is 0 Å². The number of aryl methyl sites for hydroxylation is 1. The van der Waals surface area contributed by atoms with Crippen molar-refractivity contribution in [2.24, 2.45) is 22.5 Å². The molecule has 0 heterocycles. The highest BCUT2D eigenvalue weighted by Crippen LogP contribution is 2.68. The summed E-state index contributed by atoms with van der Waals surface area (Å²) >= 11 is 0. The minimum atomic E-state index is 0.0659. The first-order chi connectivity index (χ1) is 8.71. The normalized spacial score (nSPS) is 20.1. The molecule has 1 aromatic carbocycles. The molecule has 3 N–H and O–H groups in total. The molecule has 1 aromatic rings. The van der Waals surface area contributed by atoms with Crippen LogP contribution in [0.3, 0.4) is 0 Å². The average molecular weight is 260 g/mol. The van der Waals surface area contributed by atoms with Crippen molar-refractivity contribution < 1.29 is 4.79 Å². The third-order valence-electron chi connectivity index (χ3n) is 5.08. The Hall–Kier alpha value is -1.35. The molecule has 3 nitrogen and oxygen atoms in total. The summed E-state index contributed by atoms with van der Waals surface area (Å²) in [5, 5.41) is 3.06. The predicted octanol–water partition coefficient (Wildman–Crippen LogP) is 3.07. The van der Waals surface area contributed by atoms with E-state index in [0.29, 0.717) is 6.54 Å². The van der Waals surface area contributed by atoms with Gasteiger partial charge in [0.25, 0.3) is 0 Å². The molecule has 104 valence electrons. The third-order valence-corrected chi connectivity index (χ3v) is 5.08. The second-order valence-electron chi connectivity index (χ2n) is 6.72. The first kappa shape index (κ1) is 14.1. The van der Waals surface area contributed by atoms with Crippen LogP contribution in [0, 0.1) is 23.7 Å². The number of nitrogens with one attached hydrogen (secondary N) is 1. The van der Waals surface area contributed by atoms with E-state index in [0.717, 1.165) is 16.8 Å². The van der Waals surface area contributed by atoms with Crippen molar-refractivity contribution in [3.63, 3.8) is 0 Å². The van der Waals surface area contributed by atoms with Gasteiger partial charge in [-0.05, 0) is 34.9 Å². The Bertz CT molecular complexity index is 503. The quantitative estimate of drug-likeness (QED) is 0.877. The van der Waals surface area contributed by atoms with Crippen LogP contribution < -0.4 is 11.1 Å². The van der Waals surface area contributed by atoms with E-state index < -0.39 is 0 Å². The standard InChI is InChI=1S/C16H24N2O/c1-10-6-7-11(9-17)8-12(10)18-14(19)13-15(2,3)16(13,4)5/h6-8,13H,9,17H2,1-5H3,(H,18,19). The highest BCUT2D eigenvalue weighted by Gasteiger charge is 2.68. The lowest BCUT2D eigenvalue weighted by atomic mass is 10.0. The molecule has 1 fully saturated rings. The van der Waals surface area contributed by atoms with Gasteiger partial charge in [0.2, 0.25) is 5.91 Å². The molecule has 0 atom stereocenters. The molecule has 0 unspecified atom stereocenters. The van der Waals surface area contributed by atoms with Crippen LogP contribution in [0.1, 0.15) is 38.8 Å². The fourth-order valence-corrected chi connectivity index (χ4v) is 2.99. The van der Waals surface area contributed by atoms with Gasteiger partial charge in [0.15, 0.2) is 0 Å². The van der Waals surface area contributed by atoms with Gasteiger partial charge in [-0.3, -0.25) is 4.79 Å². The summed E-state index contributed by atoms with van der Waals surface area (Å²) in [5.41, 5.74) is 8.77. The summed E-state index contributed by atoms with van der Waals surface area (Å²) in [6.07, 6.45) is 0. The first-order valence-electron chi connectivity index (χ1n) is 6.82. The summed E-state index contributed by atoms with van der Waals surface area (Å²) in [5.74, 6) is 0.188. The van der Waals surface area contributed by atoms with E-state index in [2.05, 4.69) is 33.0 Å². The molecule has 0 radical (unpaired) electrons. The first-order valence-corrected chi connectivity index (χ1v) is 6.82. The highest BCUT2D eigenvalue weighted by molar-refractivity contribution is 5.96. The predicted molar refractivity (Wildman–Crippen MR) is 78.8 cm³/mol. The van der Waals surface area contributed by atoms with Crippen LogP contribution in [0.2, 0.25) is 0 Å². The van der Waals surface area contributed by atoms with E-state index in [4.69, 9.17) is 5.73 Å². The highest BCUT2D eigenvalue weighted by atomic mass is 16.2. The summed E-state index contributed by atoms with van der Waals surface area (Å²) in [7, 11) is 0. The molecule has 3 heteroatoms. The number of anilines is 1. The monoisotopic (exact) mass is 260 g/mol. The minimum absolute atomic E-state index is 0.0659. The van der Waals surface area contributed by atoms with Crippen molar-refractivity contribution >= 4 is 11.6 Å². The molecule has 0 aromatic heterocycles. The van der Waals surface area contributed by atoms with Gasteiger partial charge >= 0.3 is 0 Å². The molecular formula is C16H24N2O. The zero-order chi connectivity index (χ0) is 14.4. The molecule has 1 saturated carbocycles. The Morgan fingerprint density at radius 3 is 2.32 bits per heavy atom. The molecule has 0 bridgehead atoms. The van der Waals surface area contributed by atoms with Gasteiger partial charge in [-0.2, -0.15) is 0 Å². The lowest BCUT2D eigenvalue weighted by molar-refractivity contribution is -0.118. The number of carbonyl (C=O) groups is 1. The Kier molecular flexibility index (Phi) is 3.21. The van der Waals surface area contributed by atoms with Gasteiger partial charge in [-0.15, -0.1) is 0 Å². The largest absolute Gasteiger partial charge is 0.326 e. The van der Waals surface area contributed by atoms with Gasteiger partial charge in [0, 0.05) is 18.2 Å². The Morgan fingerprint density at radius 2 is 1.84 bits per heavy atom. The summed E-state index contributed by atoms with van der Waals surface area (Å²) < 4.78 is 0. The van der Waals surface area contributed by atoms with Crippen LogP contribution in [-0.4, -0.2) is 5.91 Å². The van der Waals surface area contributed by atoms with E-state index in [-0.39, 0.29) is 22.7 Å². The zero-order valence-corrected chi connectivity index (χ0v) is 12.5. The topological polar surface area (TPSA) is 55.1 Å². The fourth-order valence-electron chi connectivity index (χ4n) is 2.99. The molecule has 0 spiro atoms. The van der Waals surface area contributed by atoms with Crippen molar-refractivity contribution in [2.45, 2.75) is 41.2 Å². The lowest BCUT2D eigenvalue weighted by Crippen LogP contribution is -2.18. The number of nitrogens with two attached hydrogens (primary N) is 1. The van der Waals surface area contributed by atoms with Crippen molar-refractivity contribution in [1.29, 1.82) is 0 Å². The van der Waals surface area contributed by atoms with E-state index in [9.17, 15) is 4.79 Å². The fraction of sp³-hybridized carbons (Fsp3) is 0.562. The second kappa shape index (κ2) is 4.34. The van der Waals surface area contributed by atoms with Crippen molar-refractivity contribution in [2.75, 3.05) is 5.32 Å². The van der Waals surface area contributed by atoms with E-state index in [1.165, 1.54) is 0 Å². The van der Waals surface area contributed by atoms with Crippen molar-refractivity contribution in [1.82, 2.24) is 0 Å². The molecule has 0 aliphatic heterocycles. The number of amides is 1. The van der Waals surface area contributed by atoms with Gasteiger partial charge in [0.05, 0.1) is 0 Å². The smallest absolute Gasteiger partial charge is 0.228 e. The molecule has 0 saturated heterocycles. The van der Waals surface area contributed by atoms with Gasteiger partial charge in [-0.1, -0.05) is 39.8 Å². The van der Waals surface area contributed by atoms with Crippen LogP contribution in [-0.2, 0) is 11.3 Å². The van der Waals surface area contributed by atoms with Crippen LogP contribution in [0.25, 0.3) is 0 Å². The lowest BCUT2D eigenvalue weighted by Gasteiger charge is -2.11. The van der Waals surface area contributed by atoms with E-state index in [1.54, 1.807) is 0 Å². The van der Waals surface area contributed by atoms with Crippen molar-refractivity contribution in [3.05, 3.63) is 29.3 Å². The average Bonchev–Trinajstić information content (AvgIpc) is 2.72. The second-order valence-corrected chi connectivity index (χ2v) is 6.72. The van der Waals surface area contributed by atoms with Crippen LogP contribution in [0.5, 0.6) is 0 Å². The van der Waals surface area contributed by atoms with Crippen LogP contribution in [0.15, 0.2) is 18.2 Å². The van der Waals surface area contributed by atoms with E-state index >= 15 is 0 Å². The molecule has 1 amide bonds. The molecule has 1 aliphatic rings. The van der Waals surface area contributed by atoms with Gasteiger partial charge in [-0.25, -0.2) is 0 Å². The Morgan fingerprint density at radius 1 is 1.26 bits per heavy atom. The molecular weight excluding hydrogens is 236 g/mol. The maximum atomic E-state index is 12.4. The summed E-state index contributed by atoms with van der Waals surface area (Å²) in [6, 6.07) is 5.96. The van der Waals surface area contributed by atoms with Crippen LogP contribution >= 0.6 is 0 Å². The molecule has 2 rings (SSSR count). The maximum Gasteiger partial charge on any atom is 0.228 e. The third kappa shape index (κ3) is 2.16. The Labute approximate surface area is 115 Å². The van der Waals surface area contributed by atoms with Crippen LogP contribution in [0.4, 0.5) is 5.69 Å². The number of carbonyl (C=O) groups excluding carboxylic acids is 1. The molecule has 1 aliphatic carbocycles.